The van der Waals surface area contributed by atoms with Crippen molar-refractivity contribution < 1.29 is 14.7 Å². The summed E-state index contributed by atoms with van der Waals surface area (Å²) in [4.78, 5) is 26.5. The third-order valence-electron chi connectivity index (χ3n) is 2.88. The summed E-state index contributed by atoms with van der Waals surface area (Å²) in [7, 11) is 0. The normalized spacial score (nSPS) is 19.2. The number of hydrogen-bond acceptors (Lipinski definition) is 4. The molecule has 1 aliphatic heterocycles. The lowest BCUT2D eigenvalue weighted by Crippen LogP contribution is -2.43. The molecule has 0 bridgehead atoms. The van der Waals surface area contributed by atoms with Gasteiger partial charge in [0.05, 0.1) is 23.5 Å². The van der Waals surface area contributed by atoms with Crippen LogP contribution in [0.3, 0.4) is 0 Å². The van der Waals surface area contributed by atoms with Gasteiger partial charge in [0, 0.05) is 6.20 Å². The van der Waals surface area contributed by atoms with Crippen molar-refractivity contribution in [3.05, 3.63) is 24.0 Å². The molecule has 6 nitrogen and oxygen atoms in total. The Balaban J connectivity index is 2.02. The average molecular weight is 249 g/mol. The molecule has 96 valence electrons. The molecule has 1 saturated heterocycles. The van der Waals surface area contributed by atoms with Crippen molar-refractivity contribution in [3.63, 3.8) is 0 Å². The number of aromatic carboxylic acids is 1. The number of aromatic nitrogens is 1. The van der Waals surface area contributed by atoms with Crippen LogP contribution in [0.2, 0.25) is 0 Å². The van der Waals surface area contributed by atoms with Crippen LogP contribution in [0, 0.1) is 0 Å². The van der Waals surface area contributed by atoms with E-state index in [1.54, 1.807) is 0 Å². The Morgan fingerprint density at radius 1 is 1.39 bits per heavy atom. The molecule has 1 fully saturated rings. The summed E-state index contributed by atoms with van der Waals surface area (Å²) in [5.74, 6) is -1.20. The molecule has 18 heavy (non-hydrogen) atoms. The maximum absolute atomic E-state index is 11.9. The first-order valence-electron chi connectivity index (χ1n) is 5.89. The van der Waals surface area contributed by atoms with Crippen LogP contribution in [0.5, 0.6) is 0 Å². The molecule has 2 rings (SSSR count). The first-order chi connectivity index (χ1) is 8.66. The molecule has 1 aliphatic rings. The van der Waals surface area contributed by atoms with Gasteiger partial charge in [-0.1, -0.05) is 6.42 Å². The Bertz CT molecular complexity index is 456. The summed E-state index contributed by atoms with van der Waals surface area (Å²) in [6.45, 7) is 0.839. The zero-order valence-corrected chi connectivity index (χ0v) is 9.85. The van der Waals surface area contributed by atoms with E-state index < -0.39 is 5.97 Å². The van der Waals surface area contributed by atoms with Crippen molar-refractivity contribution in [1.29, 1.82) is 0 Å². The smallest absolute Gasteiger partial charge is 0.337 e. The van der Waals surface area contributed by atoms with Crippen LogP contribution in [0.4, 0.5) is 5.69 Å². The highest BCUT2D eigenvalue weighted by Gasteiger charge is 2.20. The van der Waals surface area contributed by atoms with Crippen LogP contribution in [0.1, 0.15) is 29.6 Å². The fourth-order valence-electron chi connectivity index (χ4n) is 1.93. The van der Waals surface area contributed by atoms with Gasteiger partial charge in [-0.2, -0.15) is 0 Å². The predicted molar refractivity (Wildman–Crippen MR) is 65.5 cm³/mol. The summed E-state index contributed by atoms with van der Waals surface area (Å²) in [6, 6.07) is 1.20. The molecule has 0 unspecified atom stereocenters. The summed E-state index contributed by atoms with van der Waals surface area (Å²) in [6.07, 6.45) is 5.60. The van der Waals surface area contributed by atoms with Gasteiger partial charge in [-0.05, 0) is 25.5 Å². The Morgan fingerprint density at radius 2 is 2.22 bits per heavy atom. The highest BCUT2D eigenvalue weighted by molar-refractivity contribution is 5.96. The van der Waals surface area contributed by atoms with Crippen LogP contribution in [0.25, 0.3) is 0 Å². The molecular formula is C12H15N3O3. The van der Waals surface area contributed by atoms with E-state index >= 15 is 0 Å². The lowest BCUT2D eigenvalue weighted by Gasteiger charge is -2.22. The topological polar surface area (TPSA) is 91.3 Å². The van der Waals surface area contributed by atoms with Crippen molar-refractivity contribution in [2.24, 2.45) is 0 Å². The predicted octanol–water partition coefficient (Wildman–Crippen LogP) is 0.860. The summed E-state index contributed by atoms with van der Waals surface area (Å²) >= 11 is 0. The van der Waals surface area contributed by atoms with E-state index in [0.717, 1.165) is 25.8 Å². The number of piperidine rings is 1. The molecule has 0 radical (unpaired) electrons. The van der Waals surface area contributed by atoms with E-state index in [0.29, 0.717) is 5.69 Å². The molecule has 0 aromatic carbocycles. The van der Waals surface area contributed by atoms with Crippen LogP contribution < -0.4 is 10.6 Å². The van der Waals surface area contributed by atoms with E-state index in [-0.39, 0.29) is 17.5 Å². The Morgan fingerprint density at radius 3 is 2.89 bits per heavy atom. The molecule has 1 aromatic rings. The van der Waals surface area contributed by atoms with Crippen LogP contribution in [-0.4, -0.2) is 34.6 Å². The van der Waals surface area contributed by atoms with E-state index in [9.17, 15) is 9.59 Å². The minimum atomic E-state index is -1.06. The monoisotopic (exact) mass is 249 g/mol. The molecule has 0 spiro atoms. The molecule has 6 heteroatoms. The van der Waals surface area contributed by atoms with Crippen LogP contribution >= 0.6 is 0 Å². The number of anilines is 1. The van der Waals surface area contributed by atoms with Crippen LogP contribution in [0.15, 0.2) is 18.5 Å². The lowest BCUT2D eigenvalue weighted by molar-refractivity contribution is -0.118. The van der Waals surface area contributed by atoms with Crippen LogP contribution in [-0.2, 0) is 4.79 Å². The standard InChI is InChI=1S/C12H15N3O3/c16-11(10-3-1-2-4-14-10)15-9-5-8(12(17)18)6-13-7-9/h5-7,10,14H,1-4H2,(H,15,16)(H,17,18)/t10-/m1/s1. The molecular weight excluding hydrogens is 234 g/mol. The lowest BCUT2D eigenvalue weighted by atomic mass is 10.0. The number of carbonyl (C=O) groups is 2. The fourth-order valence-corrected chi connectivity index (χ4v) is 1.93. The molecule has 1 atom stereocenters. The van der Waals surface area contributed by atoms with E-state index in [2.05, 4.69) is 15.6 Å². The molecule has 0 aliphatic carbocycles. The van der Waals surface area contributed by atoms with Gasteiger partial charge < -0.3 is 15.7 Å². The number of amides is 1. The largest absolute Gasteiger partial charge is 0.478 e. The number of hydrogen-bond donors (Lipinski definition) is 3. The second-order valence-electron chi connectivity index (χ2n) is 4.26. The van der Waals surface area contributed by atoms with Gasteiger partial charge in [0.1, 0.15) is 0 Å². The van der Waals surface area contributed by atoms with Crippen molar-refractivity contribution in [1.82, 2.24) is 10.3 Å². The first-order valence-corrected chi connectivity index (χ1v) is 5.89. The maximum atomic E-state index is 11.9. The van der Waals surface area contributed by atoms with Crippen molar-refractivity contribution in [2.75, 3.05) is 11.9 Å². The molecule has 1 aromatic heterocycles. The van der Waals surface area contributed by atoms with E-state index in [1.807, 2.05) is 0 Å². The highest BCUT2D eigenvalue weighted by atomic mass is 16.4. The zero-order chi connectivity index (χ0) is 13.0. The molecule has 2 heterocycles. The van der Waals surface area contributed by atoms with Gasteiger partial charge in [0.2, 0.25) is 5.91 Å². The highest BCUT2D eigenvalue weighted by Crippen LogP contribution is 2.12. The number of pyridine rings is 1. The first kappa shape index (κ1) is 12.5. The quantitative estimate of drug-likeness (QED) is 0.739. The third-order valence-corrected chi connectivity index (χ3v) is 2.88. The molecule has 3 N–H and O–H groups in total. The summed E-state index contributed by atoms with van der Waals surface area (Å²) in [5.41, 5.74) is 0.469. The Kier molecular flexibility index (Phi) is 3.88. The number of carbonyl (C=O) groups excluding carboxylic acids is 1. The van der Waals surface area contributed by atoms with Gasteiger partial charge in [-0.25, -0.2) is 4.79 Å². The number of rotatable bonds is 3. The SMILES string of the molecule is O=C(O)c1cncc(NC(=O)[C@H]2CCCCN2)c1. The number of carboxylic acids is 1. The van der Waals surface area contributed by atoms with E-state index in [4.69, 9.17) is 5.11 Å². The van der Waals surface area contributed by atoms with Gasteiger partial charge in [0.25, 0.3) is 0 Å². The minimum Gasteiger partial charge on any atom is -0.478 e. The Labute approximate surface area is 104 Å². The van der Waals surface area contributed by atoms with Crippen molar-refractivity contribution in [2.45, 2.75) is 25.3 Å². The number of carboxylic acid groups (broad SMARTS) is 1. The zero-order valence-electron chi connectivity index (χ0n) is 9.85. The minimum absolute atomic E-state index is 0.0596. The summed E-state index contributed by atoms with van der Waals surface area (Å²) < 4.78 is 0. The molecule has 0 saturated carbocycles. The second kappa shape index (κ2) is 5.59. The average Bonchev–Trinajstić information content (AvgIpc) is 2.40. The van der Waals surface area contributed by atoms with Crippen molar-refractivity contribution >= 4 is 17.6 Å². The fraction of sp³-hybridized carbons (Fsp3) is 0.417. The Hall–Kier alpha value is -1.95. The van der Waals surface area contributed by atoms with Gasteiger partial charge in [-0.3, -0.25) is 9.78 Å². The third kappa shape index (κ3) is 3.04. The maximum Gasteiger partial charge on any atom is 0.337 e. The van der Waals surface area contributed by atoms with Gasteiger partial charge in [0.15, 0.2) is 0 Å². The second-order valence-corrected chi connectivity index (χ2v) is 4.26. The van der Waals surface area contributed by atoms with Gasteiger partial charge >= 0.3 is 5.97 Å². The molecule has 1 amide bonds. The summed E-state index contributed by atoms with van der Waals surface area (Å²) in [5, 5.41) is 14.6. The van der Waals surface area contributed by atoms with E-state index in [1.165, 1.54) is 18.5 Å². The van der Waals surface area contributed by atoms with Crippen molar-refractivity contribution in [3.8, 4) is 0 Å². The number of nitrogens with one attached hydrogen (secondary N) is 2. The number of nitrogens with zero attached hydrogens (tertiary/aromatic N) is 1. The van der Waals surface area contributed by atoms with Gasteiger partial charge in [-0.15, -0.1) is 0 Å².